The Morgan fingerprint density at radius 2 is 1.58 bits per heavy atom. The van der Waals surface area contributed by atoms with Gasteiger partial charge in [-0.25, -0.2) is 8.42 Å². The number of carbonyl (C=O) groups is 1. The number of sulfonamides is 1. The molecule has 7 nitrogen and oxygen atoms in total. The van der Waals surface area contributed by atoms with Crippen molar-refractivity contribution in [3.8, 4) is 0 Å². The van der Waals surface area contributed by atoms with Gasteiger partial charge in [-0.1, -0.05) is 19.9 Å². The van der Waals surface area contributed by atoms with Gasteiger partial charge < -0.3 is 14.2 Å². The Kier molecular flexibility index (Phi) is 5.84. The number of furan rings is 2. The maximum atomic E-state index is 13.1. The van der Waals surface area contributed by atoms with Crippen molar-refractivity contribution in [3.05, 3.63) is 66.6 Å². The molecule has 4 rings (SSSR count). The molecule has 0 saturated carbocycles. The normalized spacial score (nSPS) is 13.1. The van der Waals surface area contributed by atoms with Crippen molar-refractivity contribution in [3.63, 3.8) is 0 Å². The molecular weight excluding hydrogens is 416 g/mol. The average Bonchev–Trinajstić information content (AvgIpc) is 3.39. The number of nitrogens with one attached hydrogen (secondary N) is 2. The van der Waals surface area contributed by atoms with E-state index in [0.29, 0.717) is 17.5 Å². The predicted molar refractivity (Wildman–Crippen MR) is 118 cm³/mol. The van der Waals surface area contributed by atoms with Crippen LogP contribution in [-0.4, -0.2) is 26.9 Å². The highest BCUT2D eigenvalue weighted by atomic mass is 32.2. The number of carbonyl (C=O) groups excluding carboxylic acids is 1. The number of fused-ring (bicyclic) bond motifs is 2. The van der Waals surface area contributed by atoms with Gasteiger partial charge in [-0.05, 0) is 60.4 Å². The van der Waals surface area contributed by atoms with E-state index in [1.165, 1.54) is 18.4 Å². The summed E-state index contributed by atoms with van der Waals surface area (Å²) in [6, 6.07) is 12.7. The minimum absolute atomic E-state index is 0.0772. The first kappa shape index (κ1) is 21.1. The van der Waals surface area contributed by atoms with Crippen LogP contribution >= 0.6 is 0 Å². The van der Waals surface area contributed by atoms with Crippen LogP contribution in [0.25, 0.3) is 21.9 Å². The van der Waals surface area contributed by atoms with Crippen LogP contribution in [0.4, 0.5) is 0 Å². The summed E-state index contributed by atoms with van der Waals surface area (Å²) in [5.41, 5.74) is 2.16. The van der Waals surface area contributed by atoms with E-state index in [1.807, 2.05) is 38.1 Å². The van der Waals surface area contributed by atoms with E-state index < -0.39 is 16.1 Å². The van der Waals surface area contributed by atoms with E-state index in [9.17, 15) is 13.2 Å². The molecule has 162 valence electrons. The van der Waals surface area contributed by atoms with Crippen LogP contribution in [0.1, 0.15) is 19.4 Å². The lowest BCUT2D eigenvalue weighted by atomic mass is 10.0. The summed E-state index contributed by atoms with van der Waals surface area (Å²) in [7, 11) is -3.94. The molecule has 1 amide bonds. The Morgan fingerprint density at radius 3 is 2.26 bits per heavy atom. The van der Waals surface area contributed by atoms with E-state index in [4.69, 9.17) is 8.83 Å². The molecule has 2 aromatic heterocycles. The average molecular weight is 441 g/mol. The number of benzene rings is 2. The molecule has 0 aliphatic heterocycles. The zero-order valence-corrected chi connectivity index (χ0v) is 18.1. The zero-order valence-electron chi connectivity index (χ0n) is 17.3. The number of hydrogen-bond donors (Lipinski definition) is 2. The number of rotatable bonds is 8. The molecule has 1 atom stereocenters. The van der Waals surface area contributed by atoms with Crippen molar-refractivity contribution in [1.29, 1.82) is 0 Å². The fourth-order valence-corrected chi connectivity index (χ4v) is 4.59. The van der Waals surface area contributed by atoms with Crippen molar-refractivity contribution in [2.45, 2.75) is 31.2 Å². The predicted octanol–water partition coefficient (Wildman–Crippen LogP) is 3.84. The minimum Gasteiger partial charge on any atom is -0.464 e. The summed E-state index contributed by atoms with van der Waals surface area (Å²) in [5, 5.41) is 4.41. The highest BCUT2D eigenvalue weighted by Gasteiger charge is 2.26. The molecule has 0 bridgehead atoms. The topological polar surface area (TPSA) is 102 Å². The second kappa shape index (κ2) is 8.56. The quantitative estimate of drug-likeness (QED) is 0.433. The molecule has 2 N–H and O–H groups in total. The first-order valence-corrected chi connectivity index (χ1v) is 11.5. The summed E-state index contributed by atoms with van der Waals surface area (Å²) in [6.07, 6.45) is 3.30. The van der Waals surface area contributed by atoms with Crippen molar-refractivity contribution < 1.29 is 22.0 Å². The van der Waals surface area contributed by atoms with Crippen molar-refractivity contribution in [2.75, 3.05) is 6.54 Å². The SMILES string of the molecule is CC(C)CNC(=O)C(Cc1ccc2occc2c1)NS(=O)(=O)c1ccc2occc2c1. The molecule has 0 fully saturated rings. The van der Waals surface area contributed by atoms with Crippen molar-refractivity contribution >= 4 is 37.9 Å². The maximum absolute atomic E-state index is 13.1. The standard InChI is InChI=1S/C23H24N2O5S/c1-15(2)14-24-23(26)20(12-16-3-5-21-17(11-16)7-9-29-21)25-31(27,28)19-4-6-22-18(13-19)8-10-30-22/h3-11,13,15,20,25H,12,14H2,1-2H3,(H,24,26). The van der Waals surface area contributed by atoms with E-state index >= 15 is 0 Å². The molecule has 0 aliphatic carbocycles. The van der Waals surface area contributed by atoms with Gasteiger partial charge in [-0.15, -0.1) is 0 Å². The van der Waals surface area contributed by atoms with E-state index in [-0.39, 0.29) is 23.1 Å². The monoisotopic (exact) mass is 440 g/mol. The molecule has 1 unspecified atom stereocenters. The summed E-state index contributed by atoms with van der Waals surface area (Å²) in [6.45, 7) is 4.41. The molecule has 2 heterocycles. The van der Waals surface area contributed by atoms with Crippen LogP contribution in [0.2, 0.25) is 0 Å². The van der Waals surface area contributed by atoms with Crippen LogP contribution in [0.5, 0.6) is 0 Å². The van der Waals surface area contributed by atoms with Crippen LogP contribution in [0, 0.1) is 5.92 Å². The number of amides is 1. The first-order chi connectivity index (χ1) is 14.8. The van der Waals surface area contributed by atoms with Gasteiger partial charge >= 0.3 is 0 Å². The van der Waals surface area contributed by atoms with Gasteiger partial charge in [0.15, 0.2) is 0 Å². The smallest absolute Gasteiger partial charge is 0.241 e. The van der Waals surface area contributed by atoms with Crippen molar-refractivity contribution in [2.24, 2.45) is 5.92 Å². The second-order valence-corrected chi connectivity index (χ2v) is 9.64. The summed E-state index contributed by atoms with van der Waals surface area (Å²) in [4.78, 5) is 13.0. The summed E-state index contributed by atoms with van der Waals surface area (Å²) in [5.74, 6) is -0.124. The second-order valence-electron chi connectivity index (χ2n) is 7.93. The highest BCUT2D eigenvalue weighted by molar-refractivity contribution is 7.89. The largest absolute Gasteiger partial charge is 0.464 e. The molecule has 2 aromatic carbocycles. The van der Waals surface area contributed by atoms with Crippen molar-refractivity contribution in [1.82, 2.24) is 10.0 Å². The van der Waals surface area contributed by atoms with Crippen LogP contribution in [0.3, 0.4) is 0 Å². The lowest BCUT2D eigenvalue weighted by Crippen LogP contribution is -2.48. The van der Waals surface area contributed by atoms with Gasteiger partial charge in [-0.2, -0.15) is 4.72 Å². The highest BCUT2D eigenvalue weighted by Crippen LogP contribution is 2.21. The van der Waals surface area contributed by atoms with Crippen LogP contribution in [0.15, 0.2) is 74.8 Å². The lowest BCUT2D eigenvalue weighted by Gasteiger charge is -2.19. The van der Waals surface area contributed by atoms with Gasteiger partial charge in [-0.3, -0.25) is 4.79 Å². The van der Waals surface area contributed by atoms with Gasteiger partial charge in [0.1, 0.15) is 17.2 Å². The van der Waals surface area contributed by atoms with Gasteiger partial charge in [0.05, 0.1) is 17.4 Å². The maximum Gasteiger partial charge on any atom is 0.241 e. The van der Waals surface area contributed by atoms with Gasteiger partial charge in [0.25, 0.3) is 0 Å². The first-order valence-electron chi connectivity index (χ1n) is 10.1. The van der Waals surface area contributed by atoms with E-state index in [1.54, 1.807) is 18.4 Å². The van der Waals surface area contributed by atoms with E-state index in [0.717, 1.165) is 16.5 Å². The Morgan fingerprint density at radius 1 is 0.935 bits per heavy atom. The Balaban J connectivity index is 1.61. The molecule has 8 heteroatoms. The Hall–Kier alpha value is -3.10. The Labute approximate surface area is 180 Å². The zero-order chi connectivity index (χ0) is 22.0. The molecule has 0 radical (unpaired) electrons. The fraction of sp³-hybridized carbons (Fsp3) is 0.261. The van der Waals surface area contributed by atoms with Crippen LogP contribution in [-0.2, 0) is 21.2 Å². The van der Waals surface area contributed by atoms with Gasteiger partial charge in [0.2, 0.25) is 15.9 Å². The van der Waals surface area contributed by atoms with Crippen LogP contribution < -0.4 is 10.0 Å². The third-order valence-electron chi connectivity index (χ3n) is 4.99. The van der Waals surface area contributed by atoms with E-state index in [2.05, 4.69) is 10.0 Å². The van der Waals surface area contributed by atoms with Gasteiger partial charge in [0, 0.05) is 17.3 Å². The minimum atomic E-state index is -3.94. The lowest BCUT2D eigenvalue weighted by molar-refractivity contribution is -0.122. The third kappa shape index (κ3) is 4.81. The third-order valence-corrected chi connectivity index (χ3v) is 6.46. The molecular formula is C23H24N2O5S. The summed E-state index contributed by atoms with van der Waals surface area (Å²) >= 11 is 0. The Bertz CT molecular complexity index is 1320. The molecule has 0 saturated heterocycles. The fourth-order valence-electron chi connectivity index (χ4n) is 3.36. The molecule has 0 spiro atoms. The summed E-state index contributed by atoms with van der Waals surface area (Å²) < 4.78 is 39.4. The molecule has 4 aromatic rings. The molecule has 31 heavy (non-hydrogen) atoms. The molecule has 0 aliphatic rings. The number of hydrogen-bond acceptors (Lipinski definition) is 5.